The summed E-state index contributed by atoms with van der Waals surface area (Å²) in [4.78, 5) is 14.9. The van der Waals surface area contributed by atoms with Crippen LogP contribution in [-0.2, 0) is 15.6 Å². The molecule has 44 heavy (non-hydrogen) atoms. The minimum Gasteiger partial charge on any atom is -0.298 e. The first-order valence-corrected chi connectivity index (χ1v) is 15.9. The largest absolute Gasteiger partial charge is 0.298 e. The minimum absolute atomic E-state index is 0.148. The third-order valence-corrected chi connectivity index (χ3v) is 11.6. The van der Waals surface area contributed by atoms with E-state index in [9.17, 15) is 4.79 Å². The van der Waals surface area contributed by atoms with Crippen LogP contribution in [0.3, 0.4) is 0 Å². The van der Waals surface area contributed by atoms with Gasteiger partial charge in [-0.15, -0.1) is 0 Å². The number of Topliss-reactive ketones (excluding diaryl/α,β-unsaturated/α-hetero) is 1. The fourth-order valence-electron chi connectivity index (χ4n) is 10.3. The number of benzene rings is 5. The van der Waals surface area contributed by atoms with E-state index in [0.717, 1.165) is 0 Å². The van der Waals surface area contributed by atoms with Crippen molar-refractivity contribution in [2.75, 3.05) is 0 Å². The summed E-state index contributed by atoms with van der Waals surface area (Å²) in [6, 6.07) is 52.5. The molecule has 4 aliphatic rings. The molecule has 1 heteroatoms. The summed E-state index contributed by atoms with van der Waals surface area (Å²) in [5.74, 6) is 0.485. The molecule has 2 saturated carbocycles. The number of hydrogen-bond donors (Lipinski definition) is 0. The third kappa shape index (κ3) is 3.07. The Labute approximate surface area is 259 Å². The fourth-order valence-corrected chi connectivity index (χ4v) is 10.3. The van der Waals surface area contributed by atoms with Gasteiger partial charge in [-0.05, 0) is 67.5 Å². The Morgan fingerprint density at radius 1 is 0.477 bits per heavy atom. The van der Waals surface area contributed by atoms with Crippen molar-refractivity contribution in [3.8, 4) is 0 Å². The maximum absolute atomic E-state index is 14.9. The van der Waals surface area contributed by atoms with Gasteiger partial charge >= 0.3 is 0 Å². The van der Waals surface area contributed by atoms with Gasteiger partial charge in [0.2, 0.25) is 0 Å². The normalized spacial score (nSPS) is 29.2. The fraction of sp³-hybridized carbons (Fsp3) is 0.186. The predicted molar refractivity (Wildman–Crippen MR) is 179 cm³/mol. The van der Waals surface area contributed by atoms with Crippen LogP contribution in [0.1, 0.15) is 47.2 Å². The van der Waals surface area contributed by atoms with Gasteiger partial charge in [0, 0.05) is 22.7 Å². The Morgan fingerprint density at radius 2 is 0.818 bits per heavy atom. The van der Waals surface area contributed by atoms with Gasteiger partial charge in [-0.2, -0.15) is 0 Å². The lowest BCUT2D eigenvalue weighted by Crippen LogP contribution is -2.40. The lowest BCUT2D eigenvalue weighted by Gasteiger charge is -2.44. The van der Waals surface area contributed by atoms with Crippen LogP contribution < -0.4 is 0 Å². The molecular weight excluding hydrogens is 532 g/mol. The summed E-state index contributed by atoms with van der Waals surface area (Å²) in [5.41, 5.74) is 12.4. The zero-order valence-corrected chi connectivity index (χ0v) is 25.1. The second kappa shape index (κ2) is 9.13. The van der Waals surface area contributed by atoms with Gasteiger partial charge in [0.05, 0.1) is 0 Å². The summed E-state index contributed by atoms with van der Waals surface area (Å²) in [6.07, 6.45) is 0. The maximum atomic E-state index is 14.9. The predicted octanol–water partition coefficient (Wildman–Crippen LogP) is 9.40. The van der Waals surface area contributed by atoms with Gasteiger partial charge in [0.25, 0.3) is 0 Å². The van der Waals surface area contributed by atoms with Crippen molar-refractivity contribution in [1.82, 2.24) is 0 Å². The quantitative estimate of drug-likeness (QED) is 0.198. The van der Waals surface area contributed by atoms with Crippen LogP contribution in [0, 0.1) is 23.7 Å². The molecule has 6 unspecified atom stereocenters. The van der Waals surface area contributed by atoms with E-state index >= 15 is 0 Å². The van der Waals surface area contributed by atoms with E-state index in [4.69, 9.17) is 0 Å². The molecule has 4 aliphatic carbocycles. The van der Waals surface area contributed by atoms with Crippen molar-refractivity contribution >= 4 is 22.5 Å². The molecular formula is C43H34O. The molecule has 6 atom stereocenters. The minimum atomic E-state index is -0.297. The molecule has 212 valence electrons. The standard InChI is InChI=1S/C43H34O/c1-42-31-25-15-16-26-32(31)43(2,41(42)33(27-17-7-3-8-18-27)28-19-9-4-10-20-28)39-37-35(30-23-13-6-14-24-30)34(29-21-11-5-12-22-29)36(38(39)42)40(37)44/h3-26,36-39H,1-2H3. The lowest BCUT2D eigenvalue weighted by molar-refractivity contribution is -0.121. The number of allylic oxidation sites excluding steroid dienone is 3. The highest BCUT2D eigenvalue weighted by Gasteiger charge is 2.78. The third-order valence-electron chi connectivity index (χ3n) is 11.6. The molecule has 0 saturated heterocycles. The van der Waals surface area contributed by atoms with Crippen LogP contribution >= 0.6 is 0 Å². The monoisotopic (exact) mass is 566 g/mol. The van der Waals surface area contributed by atoms with Gasteiger partial charge in [0.15, 0.2) is 0 Å². The molecule has 9 rings (SSSR count). The molecule has 0 heterocycles. The van der Waals surface area contributed by atoms with Crippen LogP contribution in [0.5, 0.6) is 0 Å². The van der Waals surface area contributed by atoms with E-state index in [1.54, 1.807) is 0 Å². The first-order chi connectivity index (χ1) is 21.6. The van der Waals surface area contributed by atoms with E-state index in [1.807, 2.05) is 0 Å². The first kappa shape index (κ1) is 25.7. The smallest absolute Gasteiger partial charge is 0.148 e. The Balaban J connectivity index is 1.39. The average molecular weight is 567 g/mol. The second-order valence-electron chi connectivity index (χ2n) is 13.4. The Hall–Kier alpha value is -4.75. The van der Waals surface area contributed by atoms with Crippen LogP contribution in [0.15, 0.2) is 151 Å². The molecule has 5 aromatic rings. The molecule has 0 aromatic heterocycles. The molecule has 0 amide bonds. The summed E-state index contributed by atoms with van der Waals surface area (Å²) >= 11 is 0. The van der Waals surface area contributed by atoms with Gasteiger partial charge < -0.3 is 0 Å². The molecule has 4 bridgehead atoms. The second-order valence-corrected chi connectivity index (χ2v) is 13.4. The van der Waals surface area contributed by atoms with Crippen molar-refractivity contribution < 1.29 is 4.79 Å². The van der Waals surface area contributed by atoms with E-state index in [0.29, 0.717) is 5.78 Å². The number of hydrogen-bond acceptors (Lipinski definition) is 1. The molecule has 0 radical (unpaired) electrons. The average Bonchev–Trinajstić information content (AvgIpc) is 3.69. The van der Waals surface area contributed by atoms with Crippen LogP contribution in [0.2, 0.25) is 0 Å². The summed E-state index contributed by atoms with van der Waals surface area (Å²) in [6.45, 7) is 4.95. The molecule has 1 nitrogen and oxygen atoms in total. The molecule has 5 aromatic carbocycles. The van der Waals surface area contributed by atoms with Gasteiger partial charge in [-0.1, -0.05) is 159 Å². The van der Waals surface area contributed by atoms with Crippen molar-refractivity contribution in [3.05, 3.63) is 185 Å². The molecule has 2 fully saturated rings. The summed E-state index contributed by atoms with van der Waals surface area (Å²) in [7, 11) is 0. The number of carbonyl (C=O) groups excluding carboxylic acids is 1. The van der Waals surface area contributed by atoms with Crippen molar-refractivity contribution in [2.45, 2.75) is 24.7 Å². The number of rotatable bonds is 4. The van der Waals surface area contributed by atoms with Crippen LogP contribution in [-0.4, -0.2) is 5.78 Å². The van der Waals surface area contributed by atoms with E-state index < -0.39 is 0 Å². The Kier molecular flexibility index (Phi) is 5.34. The molecule has 0 spiro atoms. The number of carbonyl (C=O) groups is 1. The Morgan fingerprint density at radius 3 is 1.20 bits per heavy atom. The van der Waals surface area contributed by atoms with Gasteiger partial charge in [-0.25, -0.2) is 0 Å². The van der Waals surface area contributed by atoms with E-state index in [1.165, 1.54) is 55.7 Å². The van der Waals surface area contributed by atoms with E-state index in [2.05, 4.69) is 159 Å². The molecule has 0 N–H and O–H groups in total. The highest BCUT2D eigenvalue weighted by atomic mass is 16.1. The van der Waals surface area contributed by atoms with Crippen LogP contribution in [0.25, 0.3) is 16.7 Å². The molecule has 0 aliphatic heterocycles. The lowest BCUT2D eigenvalue weighted by atomic mass is 9.58. The van der Waals surface area contributed by atoms with Crippen molar-refractivity contribution in [1.29, 1.82) is 0 Å². The first-order valence-electron chi connectivity index (χ1n) is 15.9. The highest BCUT2D eigenvalue weighted by molar-refractivity contribution is 6.18. The number of fused-ring (bicyclic) bond motifs is 12. The van der Waals surface area contributed by atoms with Crippen LogP contribution in [0.4, 0.5) is 0 Å². The zero-order chi connectivity index (χ0) is 29.6. The zero-order valence-electron chi connectivity index (χ0n) is 25.1. The van der Waals surface area contributed by atoms with Gasteiger partial charge in [0.1, 0.15) is 5.78 Å². The summed E-state index contributed by atoms with van der Waals surface area (Å²) in [5, 5.41) is 0. The van der Waals surface area contributed by atoms with Gasteiger partial charge in [-0.3, -0.25) is 4.79 Å². The highest BCUT2D eigenvalue weighted by Crippen LogP contribution is 2.80. The number of ketones is 1. The maximum Gasteiger partial charge on any atom is 0.148 e. The Bertz CT molecular complexity index is 1860. The van der Waals surface area contributed by atoms with Crippen molar-refractivity contribution in [3.63, 3.8) is 0 Å². The topological polar surface area (TPSA) is 17.1 Å². The van der Waals surface area contributed by atoms with Crippen molar-refractivity contribution in [2.24, 2.45) is 23.7 Å². The van der Waals surface area contributed by atoms with E-state index in [-0.39, 0.29) is 34.5 Å². The SMILES string of the molecule is CC12C(=C(c3ccccc3)c3ccccc3)C(C)(c3ccccc31)C1C3C(=O)C(C(c4ccccc4)=C3c3ccccc3)C12. The summed E-state index contributed by atoms with van der Waals surface area (Å²) < 4.78 is 0.